The fourth-order valence-corrected chi connectivity index (χ4v) is 5.71. The number of methoxy groups -OCH3 is 2. The summed E-state index contributed by atoms with van der Waals surface area (Å²) in [4.78, 5) is 37.4. The second-order valence-corrected chi connectivity index (χ2v) is 12.7. The van der Waals surface area contributed by atoms with Crippen LogP contribution in [0.25, 0.3) is 22.3 Å². The van der Waals surface area contributed by atoms with Gasteiger partial charge < -0.3 is 29.3 Å². The van der Waals surface area contributed by atoms with Crippen molar-refractivity contribution >= 4 is 34.4 Å². The number of nitrogens with one attached hydrogen (secondary N) is 1. The average molecular weight is 632 g/mol. The maximum atomic E-state index is 15.4. The lowest BCUT2D eigenvalue weighted by Crippen LogP contribution is -2.68. The molecule has 2 saturated heterocycles. The van der Waals surface area contributed by atoms with Gasteiger partial charge >= 0.3 is 6.09 Å². The lowest BCUT2D eigenvalue weighted by Gasteiger charge is -2.46. The van der Waals surface area contributed by atoms with Crippen molar-refractivity contribution in [3.8, 4) is 22.8 Å². The predicted octanol–water partition coefficient (Wildman–Crippen LogP) is 5.38. The number of hydrogen-bond acceptors (Lipinski definition) is 9. The zero-order valence-corrected chi connectivity index (χ0v) is 26.6. The van der Waals surface area contributed by atoms with Crippen LogP contribution in [0.5, 0.6) is 11.5 Å². The standard InChI is InChI=1S/C33H38FN7O5/c1-32(2,3)46-31(43)40-19-33(34,20-40)30(42)39-10-8-24(9-11-39)41-18-21(16-36-41)29-17-35-27-7-6-22(14-28(27)38-29)37-23-12-25(44-4)15-26(13-23)45-5/h6-7,12-18,24,37H,8-11,19-20H2,1-5H3. The fraction of sp³-hybridized carbons (Fsp3) is 0.424. The number of fused-ring (bicyclic) bond motifs is 1. The Morgan fingerprint density at radius 2 is 1.63 bits per heavy atom. The van der Waals surface area contributed by atoms with Gasteiger partial charge in [-0.1, -0.05) is 0 Å². The van der Waals surface area contributed by atoms with E-state index < -0.39 is 23.3 Å². The third kappa shape index (κ3) is 6.53. The van der Waals surface area contributed by atoms with Gasteiger partial charge in [0.1, 0.15) is 17.1 Å². The molecule has 2 amide bonds. The zero-order chi connectivity index (χ0) is 32.6. The van der Waals surface area contributed by atoms with Crippen molar-refractivity contribution < 1.29 is 28.2 Å². The number of carbonyl (C=O) groups excluding carboxylic acids is 2. The van der Waals surface area contributed by atoms with Gasteiger partial charge in [-0.15, -0.1) is 0 Å². The van der Waals surface area contributed by atoms with E-state index in [4.69, 9.17) is 19.2 Å². The topological polar surface area (TPSA) is 124 Å². The number of nitrogens with zero attached hydrogens (tertiary/aromatic N) is 6. The highest BCUT2D eigenvalue weighted by Crippen LogP contribution is 2.33. The minimum Gasteiger partial charge on any atom is -0.497 e. The first kappa shape index (κ1) is 31.1. The summed E-state index contributed by atoms with van der Waals surface area (Å²) in [6.07, 6.45) is 6.07. The molecule has 6 rings (SSSR count). The molecule has 12 nitrogen and oxygen atoms in total. The molecule has 2 aliphatic rings. The Labute approximate surface area is 266 Å². The first-order chi connectivity index (χ1) is 21.9. The van der Waals surface area contributed by atoms with Crippen LogP contribution in [0.4, 0.5) is 20.6 Å². The largest absolute Gasteiger partial charge is 0.497 e. The maximum Gasteiger partial charge on any atom is 0.410 e. The molecule has 2 aromatic heterocycles. The number of anilines is 2. The molecule has 0 spiro atoms. The number of amides is 2. The van der Waals surface area contributed by atoms with Crippen molar-refractivity contribution in [2.45, 2.75) is 50.9 Å². The molecule has 4 aromatic rings. The van der Waals surface area contributed by atoms with Gasteiger partial charge in [-0.2, -0.15) is 5.10 Å². The second kappa shape index (κ2) is 12.1. The van der Waals surface area contributed by atoms with Crippen LogP contribution in [0.1, 0.15) is 39.7 Å². The molecular weight excluding hydrogens is 593 g/mol. The van der Waals surface area contributed by atoms with Crippen LogP contribution >= 0.6 is 0 Å². The molecule has 13 heteroatoms. The molecule has 1 N–H and O–H groups in total. The van der Waals surface area contributed by atoms with Gasteiger partial charge in [0.25, 0.3) is 5.91 Å². The molecule has 2 fully saturated rings. The number of ether oxygens (including phenoxy) is 3. The number of benzene rings is 2. The number of aromatic nitrogens is 4. The summed E-state index contributed by atoms with van der Waals surface area (Å²) in [6, 6.07) is 11.4. The van der Waals surface area contributed by atoms with Crippen LogP contribution in [0, 0.1) is 0 Å². The summed E-state index contributed by atoms with van der Waals surface area (Å²) < 4.78 is 33.3. The number of alkyl halides is 1. The molecule has 0 aliphatic carbocycles. The third-order valence-corrected chi connectivity index (χ3v) is 8.12. The van der Waals surface area contributed by atoms with Crippen molar-refractivity contribution in [2.75, 3.05) is 45.7 Å². The van der Waals surface area contributed by atoms with Crippen LogP contribution < -0.4 is 14.8 Å². The number of carbonyl (C=O) groups is 2. The SMILES string of the molecule is COc1cc(Nc2ccc3ncc(-c4cnn(C5CCN(C(=O)C6(F)CN(C(=O)OC(C)(C)C)C6)CC5)c4)nc3c2)cc(OC)c1. The number of halogens is 1. The van der Waals surface area contributed by atoms with Crippen molar-refractivity contribution in [3.63, 3.8) is 0 Å². The van der Waals surface area contributed by atoms with Gasteiger partial charge in [-0.05, 0) is 51.8 Å². The smallest absolute Gasteiger partial charge is 0.410 e. The summed E-state index contributed by atoms with van der Waals surface area (Å²) >= 11 is 0. The van der Waals surface area contributed by atoms with E-state index in [2.05, 4.69) is 15.4 Å². The van der Waals surface area contributed by atoms with Gasteiger partial charge in [0.2, 0.25) is 5.67 Å². The number of likely N-dealkylation sites (tertiary alicyclic amines) is 2. The van der Waals surface area contributed by atoms with E-state index in [0.717, 1.165) is 28.0 Å². The highest BCUT2D eigenvalue weighted by molar-refractivity contribution is 5.89. The van der Waals surface area contributed by atoms with Crippen LogP contribution in [-0.2, 0) is 9.53 Å². The Balaban J connectivity index is 1.08. The average Bonchev–Trinajstić information content (AvgIpc) is 3.52. The number of hydrogen-bond donors (Lipinski definition) is 1. The quantitative estimate of drug-likeness (QED) is 0.286. The van der Waals surface area contributed by atoms with E-state index in [1.54, 1.807) is 52.3 Å². The van der Waals surface area contributed by atoms with Crippen LogP contribution in [-0.4, -0.2) is 93.2 Å². The summed E-state index contributed by atoms with van der Waals surface area (Å²) in [6.45, 7) is 5.47. The van der Waals surface area contributed by atoms with E-state index in [1.165, 1.54) is 4.90 Å². The molecular formula is C33H38FN7O5. The summed E-state index contributed by atoms with van der Waals surface area (Å²) in [5.74, 6) is 0.781. The molecule has 2 aliphatic heterocycles. The molecule has 0 saturated carbocycles. The third-order valence-electron chi connectivity index (χ3n) is 8.12. The van der Waals surface area contributed by atoms with Crippen molar-refractivity contribution in [3.05, 3.63) is 55.0 Å². The number of rotatable bonds is 7. The summed E-state index contributed by atoms with van der Waals surface area (Å²) in [7, 11) is 3.22. The Hall–Kier alpha value is -4.94. The van der Waals surface area contributed by atoms with Crippen molar-refractivity contribution in [1.82, 2.24) is 29.5 Å². The number of piperidine rings is 1. The lowest BCUT2D eigenvalue weighted by atomic mass is 9.93. The lowest BCUT2D eigenvalue weighted by molar-refractivity contribution is -0.156. The highest BCUT2D eigenvalue weighted by atomic mass is 19.1. The van der Waals surface area contributed by atoms with E-state index in [-0.39, 0.29) is 19.1 Å². The van der Waals surface area contributed by atoms with E-state index in [0.29, 0.717) is 43.1 Å². The first-order valence-electron chi connectivity index (χ1n) is 15.2. The minimum atomic E-state index is -2.08. The van der Waals surface area contributed by atoms with Crippen molar-refractivity contribution in [1.29, 1.82) is 0 Å². The Morgan fingerprint density at radius 3 is 2.28 bits per heavy atom. The van der Waals surface area contributed by atoms with Gasteiger partial charge in [0.05, 0.1) is 62.5 Å². The molecule has 0 unspecified atom stereocenters. The Morgan fingerprint density at radius 1 is 0.935 bits per heavy atom. The van der Waals surface area contributed by atoms with E-state index in [9.17, 15) is 9.59 Å². The molecule has 2 aromatic carbocycles. The summed E-state index contributed by atoms with van der Waals surface area (Å²) in [5.41, 5.74) is 1.87. The van der Waals surface area contributed by atoms with Gasteiger partial charge in [-0.25, -0.2) is 14.2 Å². The monoisotopic (exact) mass is 631 g/mol. The minimum absolute atomic E-state index is 0.0529. The zero-order valence-electron chi connectivity index (χ0n) is 26.6. The second-order valence-electron chi connectivity index (χ2n) is 12.7. The van der Waals surface area contributed by atoms with Crippen molar-refractivity contribution in [2.24, 2.45) is 0 Å². The summed E-state index contributed by atoms with van der Waals surface area (Å²) in [5, 5.41) is 7.96. The Kier molecular flexibility index (Phi) is 8.17. The maximum absolute atomic E-state index is 15.4. The fourth-order valence-electron chi connectivity index (χ4n) is 5.71. The predicted molar refractivity (Wildman–Crippen MR) is 170 cm³/mol. The normalized spacial score (nSPS) is 16.6. The van der Waals surface area contributed by atoms with Crippen LogP contribution in [0.2, 0.25) is 0 Å². The molecule has 0 bridgehead atoms. The van der Waals surface area contributed by atoms with E-state index in [1.807, 2.05) is 47.3 Å². The Bertz CT molecular complexity index is 1730. The highest BCUT2D eigenvalue weighted by Gasteiger charge is 2.54. The van der Waals surface area contributed by atoms with Gasteiger partial charge in [-0.3, -0.25) is 14.5 Å². The van der Waals surface area contributed by atoms with Crippen LogP contribution in [0.15, 0.2) is 55.0 Å². The molecule has 242 valence electrons. The van der Waals surface area contributed by atoms with E-state index >= 15 is 4.39 Å². The first-order valence-corrected chi connectivity index (χ1v) is 15.2. The molecule has 4 heterocycles. The van der Waals surface area contributed by atoms with Gasteiger partial charge in [0.15, 0.2) is 0 Å². The molecule has 46 heavy (non-hydrogen) atoms. The molecule has 0 radical (unpaired) electrons. The van der Waals surface area contributed by atoms with Crippen LogP contribution in [0.3, 0.4) is 0 Å². The molecule has 0 atom stereocenters. The van der Waals surface area contributed by atoms with Gasteiger partial charge in [0, 0.05) is 54.4 Å².